The molecule has 3 nitrogen and oxygen atoms in total. The molecular weight excluding hydrogens is 278 g/mol. The molecule has 1 heterocycles. The molecule has 0 aromatic carbocycles. The summed E-state index contributed by atoms with van der Waals surface area (Å²) in [6.07, 6.45) is 0. The van der Waals surface area contributed by atoms with Gasteiger partial charge in [0.1, 0.15) is 0 Å². The van der Waals surface area contributed by atoms with Crippen LogP contribution in [0.15, 0.2) is 15.9 Å². The third-order valence-electron chi connectivity index (χ3n) is 2.42. The van der Waals surface area contributed by atoms with Crippen molar-refractivity contribution in [3.05, 3.63) is 20.8 Å². The number of aliphatic carboxylic acids is 1. The topological polar surface area (TPSA) is 49.3 Å². The van der Waals surface area contributed by atoms with Gasteiger partial charge in [-0.25, -0.2) is 0 Å². The van der Waals surface area contributed by atoms with E-state index in [-0.39, 0.29) is 12.0 Å². The maximum atomic E-state index is 10.7. The Morgan fingerprint density at radius 1 is 1.67 bits per heavy atom. The van der Waals surface area contributed by atoms with Crippen LogP contribution in [0.5, 0.6) is 0 Å². The molecule has 0 aliphatic carbocycles. The second-order valence-corrected chi connectivity index (χ2v) is 5.34. The molecule has 0 fully saturated rings. The summed E-state index contributed by atoms with van der Waals surface area (Å²) in [5.74, 6) is -1.14. The van der Waals surface area contributed by atoms with E-state index in [9.17, 15) is 4.79 Å². The van der Waals surface area contributed by atoms with Crippen molar-refractivity contribution in [3.63, 3.8) is 0 Å². The first-order valence-corrected chi connectivity index (χ1v) is 6.37. The molecule has 0 radical (unpaired) electrons. The number of hydrogen-bond acceptors (Lipinski definition) is 3. The van der Waals surface area contributed by atoms with Crippen LogP contribution >= 0.6 is 27.3 Å². The van der Waals surface area contributed by atoms with Crippen LogP contribution in [0, 0.1) is 5.92 Å². The molecule has 0 spiro atoms. The summed E-state index contributed by atoms with van der Waals surface area (Å²) in [5.41, 5.74) is 0. The molecule has 0 aliphatic heterocycles. The van der Waals surface area contributed by atoms with Crippen LogP contribution in [-0.4, -0.2) is 17.1 Å². The molecule has 84 valence electrons. The number of rotatable bonds is 5. The van der Waals surface area contributed by atoms with Crippen LogP contribution in [0.1, 0.15) is 18.7 Å². The van der Waals surface area contributed by atoms with Gasteiger partial charge in [0.2, 0.25) is 0 Å². The Morgan fingerprint density at radius 2 is 2.33 bits per heavy atom. The van der Waals surface area contributed by atoms with Crippen molar-refractivity contribution in [3.8, 4) is 0 Å². The molecule has 0 aliphatic rings. The highest BCUT2D eigenvalue weighted by molar-refractivity contribution is 9.10. The molecule has 1 aromatic rings. The molecule has 1 aromatic heterocycles. The lowest BCUT2D eigenvalue weighted by Crippen LogP contribution is -2.35. The first kappa shape index (κ1) is 12.7. The Balaban J connectivity index is 2.44. The first-order valence-electron chi connectivity index (χ1n) is 4.70. The quantitative estimate of drug-likeness (QED) is 0.877. The minimum atomic E-state index is -0.764. The van der Waals surface area contributed by atoms with Crippen molar-refractivity contribution in [1.29, 1.82) is 0 Å². The van der Waals surface area contributed by atoms with Crippen molar-refractivity contribution in [2.75, 3.05) is 0 Å². The second-order valence-electron chi connectivity index (χ2n) is 3.49. The summed E-state index contributed by atoms with van der Waals surface area (Å²) < 4.78 is 1.08. The van der Waals surface area contributed by atoms with Crippen molar-refractivity contribution >= 4 is 33.2 Å². The third kappa shape index (κ3) is 3.59. The van der Waals surface area contributed by atoms with Crippen LogP contribution in [0.4, 0.5) is 0 Å². The lowest BCUT2D eigenvalue weighted by molar-refractivity contribution is -0.141. The fourth-order valence-corrected chi connectivity index (χ4v) is 2.54. The van der Waals surface area contributed by atoms with Crippen molar-refractivity contribution in [2.45, 2.75) is 26.4 Å². The lowest BCUT2D eigenvalue weighted by Gasteiger charge is -2.17. The number of hydrogen-bond donors (Lipinski definition) is 2. The second kappa shape index (κ2) is 5.63. The predicted molar refractivity (Wildman–Crippen MR) is 65.1 cm³/mol. The maximum Gasteiger partial charge on any atom is 0.307 e. The summed E-state index contributed by atoms with van der Waals surface area (Å²) in [6.45, 7) is 4.31. The molecule has 0 saturated carbocycles. The van der Waals surface area contributed by atoms with E-state index in [2.05, 4.69) is 21.2 Å². The van der Waals surface area contributed by atoms with E-state index < -0.39 is 5.97 Å². The van der Waals surface area contributed by atoms with Crippen LogP contribution in [0.2, 0.25) is 0 Å². The molecule has 2 atom stereocenters. The van der Waals surface area contributed by atoms with Gasteiger partial charge >= 0.3 is 5.97 Å². The van der Waals surface area contributed by atoms with E-state index in [1.54, 1.807) is 18.3 Å². The summed E-state index contributed by atoms with van der Waals surface area (Å²) in [6, 6.07) is 1.96. The molecular formula is C10H14BrNO2S. The minimum absolute atomic E-state index is 0.0310. The zero-order chi connectivity index (χ0) is 11.4. The monoisotopic (exact) mass is 291 g/mol. The minimum Gasteiger partial charge on any atom is -0.481 e. The van der Waals surface area contributed by atoms with E-state index >= 15 is 0 Å². The van der Waals surface area contributed by atoms with E-state index in [1.165, 1.54) is 4.88 Å². The smallest absolute Gasteiger partial charge is 0.307 e. The Labute approximate surface area is 102 Å². The van der Waals surface area contributed by atoms with Crippen LogP contribution < -0.4 is 5.32 Å². The molecule has 0 bridgehead atoms. The molecule has 2 N–H and O–H groups in total. The molecule has 5 heteroatoms. The van der Waals surface area contributed by atoms with Crippen molar-refractivity contribution < 1.29 is 9.90 Å². The summed E-state index contributed by atoms with van der Waals surface area (Å²) in [7, 11) is 0. The number of halogens is 1. The van der Waals surface area contributed by atoms with Gasteiger partial charge in [0, 0.05) is 21.9 Å². The third-order valence-corrected chi connectivity index (χ3v) is 4.34. The largest absolute Gasteiger partial charge is 0.481 e. The standard InChI is InChI=1S/C10H14BrNO2S/c1-6(10(13)14)7(2)12-5-9-8(11)3-4-15-9/h3-4,6-7,12H,5H2,1-2H3,(H,13,14). The summed E-state index contributed by atoms with van der Waals surface area (Å²) in [4.78, 5) is 11.9. The van der Waals surface area contributed by atoms with Gasteiger partial charge in [0.25, 0.3) is 0 Å². The molecule has 2 unspecified atom stereocenters. The normalized spacial score (nSPS) is 14.9. The van der Waals surface area contributed by atoms with Gasteiger partial charge in [0.05, 0.1) is 5.92 Å². The Bertz CT molecular complexity index is 340. The van der Waals surface area contributed by atoms with Crippen LogP contribution in [0.25, 0.3) is 0 Å². The van der Waals surface area contributed by atoms with Gasteiger partial charge in [-0.1, -0.05) is 6.92 Å². The zero-order valence-corrected chi connectivity index (χ0v) is 11.1. The number of thiophene rings is 1. The van der Waals surface area contributed by atoms with E-state index in [0.717, 1.165) is 4.47 Å². The number of carbonyl (C=O) groups is 1. The molecule has 0 amide bonds. The van der Waals surface area contributed by atoms with Gasteiger partial charge in [-0.05, 0) is 34.3 Å². The van der Waals surface area contributed by atoms with E-state index in [4.69, 9.17) is 5.11 Å². The maximum absolute atomic E-state index is 10.7. The fourth-order valence-electron chi connectivity index (χ4n) is 1.10. The van der Waals surface area contributed by atoms with Gasteiger partial charge in [-0.3, -0.25) is 4.79 Å². The highest BCUT2D eigenvalue weighted by atomic mass is 79.9. The number of carboxylic acids is 1. The number of carboxylic acid groups (broad SMARTS) is 1. The summed E-state index contributed by atoms with van der Waals surface area (Å²) in [5, 5.41) is 14.0. The van der Waals surface area contributed by atoms with Gasteiger partial charge < -0.3 is 10.4 Å². The van der Waals surface area contributed by atoms with Crippen molar-refractivity contribution in [1.82, 2.24) is 5.32 Å². The average Bonchev–Trinajstić information content (AvgIpc) is 2.59. The first-order chi connectivity index (χ1) is 7.02. The highest BCUT2D eigenvalue weighted by Gasteiger charge is 2.18. The van der Waals surface area contributed by atoms with Crippen molar-refractivity contribution in [2.24, 2.45) is 5.92 Å². The van der Waals surface area contributed by atoms with Gasteiger partial charge in [-0.2, -0.15) is 0 Å². The zero-order valence-electron chi connectivity index (χ0n) is 8.66. The predicted octanol–water partition coefficient (Wildman–Crippen LogP) is 2.71. The van der Waals surface area contributed by atoms with Gasteiger partial charge in [0.15, 0.2) is 0 Å². The van der Waals surface area contributed by atoms with E-state index in [0.29, 0.717) is 6.54 Å². The Kier molecular flexibility index (Phi) is 4.76. The van der Waals surface area contributed by atoms with Gasteiger partial charge in [-0.15, -0.1) is 11.3 Å². The summed E-state index contributed by atoms with van der Waals surface area (Å²) >= 11 is 5.09. The Hall–Kier alpha value is -0.390. The Morgan fingerprint density at radius 3 is 2.80 bits per heavy atom. The van der Waals surface area contributed by atoms with Crippen LogP contribution in [-0.2, 0) is 11.3 Å². The number of nitrogens with one attached hydrogen (secondary N) is 1. The fraction of sp³-hybridized carbons (Fsp3) is 0.500. The van der Waals surface area contributed by atoms with Crippen LogP contribution in [0.3, 0.4) is 0 Å². The SMILES string of the molecule is CC(NCc1sccc1Br)C(C)C(=O)O. The lowest BCUT2D eigenvalue weighted by atomic mass is 10.0. The highest BCUT2D eigenvalue weighted by Crippen LogP contribution is 2.22. The molecule has 15 heavy (non-hydrogen) atoms. The molecule has 1 rings (SSSR count). The molecule has 0 saturated heterocycles. The van der Waals surface area contributed by atoms with E-state index in [1.807, 2.05) is 18.4 Å². The average molecular weight is 292 g/mol.